The van der Waals surface area contributed by atoms with Gasteiger partial charge in [0.05, 0.1) is 25.2 Å². The molecule has 0 spiro atoms. The van der Waals surface area contributed by atoms with Crippen LogP contribution in [0.25, 0.3) is 21.1 Å². The summed E-state index contributed by atoms with van der Waals surface area (Å²) in [5.41, 5.74) is 3.36. The molecule has 5 aromatic rings. The normalized spacial score (nSPS) is 13.9. The lowest BCUT2D eigenvalue weighted by Crippen LogP contribution is -2.35. The summed E-state index contributed by atoms with van der Waals surface area (Å²) < 4.78 is 25.7. The lowest BCUT2D eigenvalue weighted by atomic mass is 10.1. The van der Waals surface area contributed by atoms with Crippen LogP contribution >= 0.6 is 11.3 Å². The first-order valence-corrected chi connectivity index (χ1v) is 14.0. The van der Waals surface area contributed by atoms with Crippen LogP contribution in [0.1, 0.15) is 31.2 Å². The zero-order valence-corrected chi connectivity index (χ0v) is 23.1. The van der Waals surface area contributed by atoms with Gasteiger partial charge in [-0.2, -0.15) is 0 Å². The second-order valence-corrected chi connectivity index (χ2v) is 10.8. The van der Waals surface area contributed by atoms with Gasteiger partial charge in [-0.15, -0.1) is 11.3 Å². The summed E-state index contributed by atoms with van der Waals surface area (Å²) in [6.45, 7) is 2.93. The number of H-pyrrole nitrogens is 1. The summed E-state index contributed by atoms with van der Waals surface area (Å²) in [7, 11) is 1.49. The van der Waals surface area contributed by atoms with Crippen LogP contribution in [0.4, 0.5) is 15.8 Å². The number of carbonyl (C=O) groups excluding carboxylic acids is 2. The van der Waals surface area contributed by atoms with Gasteiger partial charge in [0.25, 0.3) is 11.8 Å². The standard InChI is InChI=1S/C30H28FN5O4S/c1-39-24-12-19(29(37)34-22-3-2-18(20(11-22)15-31)17-36-6-8-40-9-7-36)10-23(14-24)35-30(38)26-13-21-16-33-28-25(4-5-32-28)27(21)41-26/h2-5,10-14,16H,6-9,15,17H2,1H3,(H,32,33)(H,34,37)(H,35,38). The van der Waals surface area contributed by atoms with Crippen molar-refractivity contribution in [1.82, 2.24) is 14.9 Å². The maximum absolute atomic E-state index is 13.9. The number of halogens is 1. The predicted octanol–water partition coefficient (Wildman–Crippen LogP) is 5.59. The number of benzene rings is 2. The van der Waals surface area contributed by atoms with E-state index in [9.17, 15) is 14.0 Å². The van der Waals surface area contributed by atoms with Crippen LogP contribution in [0.15, 0.2) is 60.9 Å². The largest absolute Gasteiger partial charge is 0.497 e. The molecule has 1 fully saturated rings. The van der Waals surface area contributed by atoms with Crippen molar-refractivity contribution in [2.45, 2.75) is 13.2 Å². The Hall–Kier alpha value is -4.32. The highest BCUT2D eigenvalue weighted by Gasteiger charge is 2.17. The molecule has 3 aromatic heterocycles. The number of aromatic amines is 1. The molecule has 2 aromatic carbocycles. The van der Waals surface area contributed by atoms with Gasteiger partial charge in [-0.1, -0.05) is 6.07 Å². The Balaban J connectivity index is 1.19. The van der Waals surface area contributed by atoms with Crippen LogP contribution in [0.5, 0.6) is 5.75 Å². The van der Waals surface area contributed by atoms with Crippen molar-refractivity contribution in [3.8, 4) is 5.75 Å². The monoisotopic (exact) mass is 573 g/mol. The van der Waals surface area contributed by atoms with Gasteiger partial charge in [0.1, 0.15) is 18.1 Å². The molecule has 1 saturated heterocycles. The number of fused-ring (bicyclic) bond motifs is 3. The molecule has 1 aliphatic rings. The minimum atomic E-state index is -0.637. The van der Waals surface area contributed by atoms with Crippen LogP contribution in [0, 0.1) is 0 Å². The SMILES string of the molecule is COc1cc(NC(=O)c2cc3cnc4[nH]ccc4c3s2)cc(C(=O)Nc2ccc(CN3CCOCC3)c(CF)c2)c1. The second kappa shape index (κ2) is 11.7. The fourth-order valence-electron chi connectivity index (χ4n) is 4.91. The molecule has 0 aliphatic carbocycles. The average molecular weight is 574 g/mol. The number of nitrogens with one attached hydrogen (secondary N) is 3. The molecule has 0 atom stereocenters. The van der Waals surface area contributed by atoms with Crippen molar-refractivity contribution in [2.24, 2.45) is 0 Å². The van der Waals surface area contributed by atoms with Crippen LogP contribution < -0.4 is 15.4 Å². The van der Waals surface area contributed by atoms with Crippen molar-refractivity contribution >= 4 is 55.6 Å². The predicted molar refractivity (Wildman–Crippen MR) is 158 cm³/mol. The quantitative estimate of drug-likeness (QED) is 0.223. The van der Waals surface area contributed by atoms with E-state index in [-0.39, 0.29) is 11.5 Å². The fraction of sp³-hybridized carbons (Fsp3) is 0.233. The number of methoxy groups -OCH3 is 1. The molecule has 3 N–H and O–H groups in total. The van der Waals surface area contributed by atoms with Crippen LogP contribution in [-0.4, -0.2) is 60.1 Å². The molecule has 0 bridgehead atoms. The van der Waals surface area contributed by atoms with E-state index >= 15 is 0 Å². The maximum atomic E-state index is 13.9. The van der Waals surface area contributed by atoms with Crippen molar-refractivity contribution in [3.63, 3.8) is 0 Å². The Labute approximate surface area is 239 Å². The molecule has 0 saturated carbocycles. The fourth-order valence-corrected chi connectivity index (χ4v) is 5.96. The van der Waals surface area contributed by atoms with Gasteiger partial charge in [0.2, 0.25) is 0 Å². The van der Waals surface area contributed by atoms with E-state index in [2.05, 4.69) is 25.5 Å². The molecule has 0 radical (unpaired) electrons. The smallest absolute Gasteiger partial charge is 0.265 e. The van der Waals surface area contributed by atoms with Crippen LogP contribution in [0.2, 0.25) is 0 Å². The molecular formula is C30H28FN5O4S. The Kier molecular flexibility index (Phi) is 7.64. The third kappa shape index (κ3) is 5.78. The lowest BCUT2D eigenvalue weighted by molar-refractivity contribution is 0.0340. The van der Waals surface area contributed by atoms with E-state index < -0.39 is 12.6 Å². The van der Waals surface area contributed by atoms with Crippen molar-refractivity contribution in [1.29, 1.82) is 0 Å². The van der Waals surface area contributed by atoms with Crippen molar-refractivity contribution < 1.29 is 23.5 Å². The summed E-state index contributed by atoms with van der Waals surface area (Å²) in [6.07, 6.45) is 3.55. The number of aromatic nitrogens is 2. The Bertz CT molecular complexity index is 1740. The van der Waals surface area contributed by atoms with Gasteiger partial charge in [-0.25, -0.2) is 9.37 Å². The van der Waals surface area contributed by atoms with Gasteiger partial charge in [0, 0.05) is 70.5 Å². The van der Waals surface area contributed by atoms with Gasteiger partial charge in [0.15, 0.2) is 0 Å². The number of morpholine rings is 1. The summed E-state index contributed by atoms with van der Waals surface area (Å²) in [4.78, 5) is 36.6. The van der Waals surface area contributed by atoms with Gasteiger partial charge in [-0.3, -0.25) is 14.5 Å². The van der Waals surface area contributed by atoms with E-state index in [1.165, 1.54) is 18.4 Å². The topological polar surface area (TPSA) is 109 Å². The van der Waals surface area contributed by atoms with E-state index in [1.54, 1.807) is 42.6 Å². The molecule has 2 amide bonds. The number of rotatable bonds is 8. The van der Waals surface area contributed by atoms with E-state index in [0.717, 1.165) is 39.8 Å². The third-order valence-corrected chi connectivity index (χ3v) is 8.24. The molecular weight excluding hydrogens is 545 g/mol. The number of anilines is 2. The molecule has 11 heteroatoms. The summed E-state index contributed by atoms with van der Waals surface area (Å²) in [5.74, 6) is -0.307. The zero-order chi connectivity index (χ0) is 28.3. The summed E-state index contributed by atoms with van der Waals surface area (Å²) >= 11 is 1.37. The average Bonchev–Trinajstić information content (AvgIpc) is 3.65. The molecule has 0 unspecified atom stereocenters. The summed E-state index contributed by atoms with van der Waals surface area (Å²) in [6, 6.07) is 13.8. The molecule has 6 rings (SSSR count). The molecule has 210 valence electrons. The van der Waals surface area contributed by atoms with E-state index in [0.29, 0.717) is 47.3 Å². The molecule has 41 heavy (non-hydrogen) atoms. The third-order valence-electron chi connectivity index (χ3n) is 7.06. The number of hydrogen-bond donors (Lipinski definition) is 3. The number of thiophene rings is 1. The van der Waals surface area contributed by atoms with Gasteiger partial charge in [-0.05, 0) is 47.5 Å². The Morgan fingerprint density at radius 1 is 1.05 bits per heavy atom. The minimum absolute atomic E-state index is 0.286. The first kappa shape index (κ1) is 26.9. The number of carbonyl (C=O) groups is 2. The van der Waals surface area contributed by atoms with Gasteiger partial charge < -0.3 is 25.1 Å². The maximum Gasteiger partial charge on any atom is 0.265 e. The highest BCUT2D eigenvalue weighted by Crippen LogP contribution is 2.32. The molecule has 9 nitrogen and oxygen atoms in total. The van der Waals surface area contributed by atoms with Crippen LogP contribution in [-0.2, 0) is 18.0 Å². The number of pyridine rings is 1. The zero-order valence-electron chi connectivity index (χ0n) is 22.3. The number of nitrogens with zero attached hydrogens (tertiary/aromatic N) is 2. The van der Waals surface area contributed by atoms with Crippen molar-refractivity contribution in [2.75, 3.05) is 44.0 Å². The molecule has 1 aliphatic heterocycles. The number of alkyl halides is 1. The van der Waals surface area contributed by atoms with E-state index in [1.807, 2.05) is 18.3 Å². The Morgan fingerprint density at radius 2 is 1.88 bits per heavy atom. The number of amides is 2. The Morgan fingerprint density at radius 3 is 2.68 bits per heavy atom. The summed E-state index contributed by atoms with van der Waals surface area (Å²) in [5, 5.41) is 7.56. The number of ether oxygens (including phenoxy) is 2. The number of hydrogen-bond acceptors (Lipinski definition) is 7. The van der Waals surface area contributed by atoms with Gasteiger partial charge >= 0.3 is 0 Å². The minimum Gasteiger partial charge on any atom is -0.497 e. The lowest BCUT2D eigenvalue weighted by Gasteiger charge is -2.27. The first-order valence-electron chi connectivity index (χ1n) is 13.2. The highest BCUT2D eigenvalue weighted by atomic mass is 32.1. The second-order valence-electron chi connectivity index (χ2n) is 9.76. The first-order chi connectivity index (χ1) is 20.0. The molecule has 4 heterocycles. The van der Waals surface area contributed by atoms with Crippen molar-refractivity contribution in [3.05, 3.63) is 82.5 Å². The van der Waals surface area contributed by atoms with E-state index in [4.69, 9.17) is 9.47 Å². The van der Waals surface area contributed by atoms with Crippen LogP contribution in [0.3, 0.4) is 0 Å². The highest BCUT2D eigenvalue weighted by molar-refractivity contribution is 7.21.